The predicted molar refractivity (Wildman–Crippen MR) is 43.8 cm³/mol. The van der Waals surface area contributed by atoms with Crippen molar-refractivity contribution in [3.8, 4) is 12.3 Å². The van der Waals surface area contributed by atoms with Crippen LogP contribution < -0.4 is 5.32 Å². The van der Waals surface area contributed by atoms with Gasteiger partial charge in [0, 0.05) is 12.4 Å². The molecule has 3 nitrogen and oxygen atoms in total. The summed E-state index contributed by atoms with van der Waals surface area (Å²) in [5.41, 5.74) is 0. The van der Waals surface area contributed by atoms with Crippen molar-refractivity contribution in [2.75, 3.05) is 6.54 Å². The Balaban J connectivity index is 2.44. The number of aromatic amines is 1. The third-order valence-electron chi connectivity index (χ3n) is 1.44. The molecule has 1 rings (SSSR count). The maximum Gasteiger partial charge on any atom is 0.122 e. The van der Waals surface area contributed by atoms with Crippen molar-refractivity contribution in [1.29, 1.82) is 0 Å². The first-order valence-corrected chi connectivity index (χ1v) is 3.50. The lowest BCUT2D eigenvalue weighted by molar-refractivity contribution is 0.593. The van der Waals surface area contributed by atoms with Gasteiger partial charge in [0.2, 0.25) is 0 Å². The molecular formula is C8H11N3. The van der Waals surface area contributed by atoms with Crippen LogP contribution in [-0.4, -0.2) is 16.5 Å². The van der Waals surface area contributed by atoms with Crippen LogP contribution in [0.25, 0.3) is 0 Å². The number of H-pyrrole nitrogens is 1. The molecule has 3 heteroatoms. The highest BCUT2D eigenvalue weighted by molar-refractivity contribution is 4.96. The zero-order chi connectivity index (χ0) is 8.10. The van der Waals surface area contributed by atoms with E-state index in [-0.39, 0.29) is 6.04 Å². The molecule has 0 aliphatic heterocycles. The Morgan fingerprint density at radius 2 is 2.73 bits per heavy atom. The molecule has 0 aliphatic rings. The van der Waals surface area contributed by atoms with Crippen LogP contribution >= 0.6 is 0 Å². The number of hydrogen-bond donors (Lipinski definition) is 2. The minimum absolute atomic E-state index is 0.195. The van der Waals surface area contributed by atoms with Gasteiger partial charge in [-0.1, -0.05) is 5.92 Å². The quantitative estimate of drug-likeness (QED) is 0.621. The molecule has 0 aliphatic carbocycles. The number of terminal acetylenes is 1. The van der Waals surface area contributed by atoms with Crippen LogP contribution in [0, 0.1) is 12.3 Å². The summed E-state index contributed by atoms with van der Waals surface area (Å²) >= 11 is 0. The molecule has 1 atom stereocenters. The first kappa shape index (κ1) is 7.83. The summed E-state index contributed by atoms with van der Waals surface area (Å²) < 4.78 is 0. The summed E-state index contributed by atoms with van der Waals surface area (Å²) in [6, 6.07) is 0.195. The number of nitrogens with one attached hydrogen (secondary N) is 2. The second-order valence-electron chi connectivity index (χ2n) is 2.28. The fraction of sp³-hybridized carbons (Fsp3) is 0.375. The number of imidazole rings is 1. The van der Waals surface area contributed by atoms with Gasteiger partial charge in [0.25, 0.3) is 0 Å². The van der Waals surface area contributed by atoms with Gasteiger partial charge in [-0.2, -0.15) is 0 Å². The first-order valence-electron chi connectivity index (χ1n) is 3.50. The monoisotopic (exact) mass is 149 g/mol. The lowest BCUT2D eigenvalue weighted by Crippen LogP contribution is -2.19. The maximum atomic E-state index is 5.09. The molecule has 1 unspecified atom stereocenters. The van der Waals surface area contributed by atoms with E-state index in [0.717, 1.165) is 5.82 Å². The van der Waals surface area contributed by atoms with Gasteiger partial charge in [0.05, 0.1) is 12.6 Å². The molecule has 0 bridgehead atoms. The Morgan fingerprint density at radius 1 is 1.91 bits per heavy atom. The van der Waals surface area contributed by atoms with Crippen LogP contribution in [-0.2, 0) is 0 Å². The molecule has 0 aromatic carbocycles. The molecule has 0 saturated carbocycles. The van der Waals surface area contributed by atoms with Crippen molar-refractivity contribution >= 4 is 0 Å². The molecule has 1 aromatic rings. The SMILES string of the molecule is C#CCNC(C)c1ncc[nH]1. The second kappa shape index (κ2) is 3.79. The van der Waals surface area contributed by atoms with Crippen LogP contribution in [0.4, 0.5) is 0 Å². The molecule has 11 heavy (non-hydrogen) atoms. The summed E-state index contributed by atoms with van der Waals surface area (Å²) in [4.78, 5) is 7.09. The Hall–Kier alpha value is -1.27. The number of rotatable bonds is 3. The second-order valence-corrected chi connectivity index (χ2v) is 2.28. The molecule has 1 heterocycles. The van der Waals surface area contributed by atoms with Gasteiger partial charge >= 0.3 is 0 Å². The summed E-state index contributed by atoms with van der Waals surface area (Å²) in [6.45, 7) is 2.58. The average molecular weight is 149 g/mol. The number of nitrogens with zero attached hydrogens (tertiary/aromatic N) is 1. The average Bonchev–Trinajstić information content (AvgIpc) is 2.52. The topological polar surface area (TPSA) is 40.7 Å². The van der Waals surface area contributed by atoms with Crippen LogP contribution in [0.2, 0.25) is 0 Å². The molecule has 0 spiro atoms. The van der Waals surface area contributed by atoms with E-state index in [2.05, 4.69) is 21.2 Å². The Bertz CT molecular complexity index is 232. The van der Waals surface area contributed by atoms with Crippen LogP contribution in [0.3, 0.4) is 0 Å². The molecular weight excluding hydrogens is 138 g/mol. The minimum atomic E-state index is 0.195. The van der Waals surface area contributed by atoms with E-state index in [4.69, 9.17) is 6.42 Å². The highest BCUT2D eigenvalue weighted by Crippen LogP contribution is 2.03. The standard InChI is InChI=1S/C8H11N3/c1-3-4-9-7(2)8-10-5-6-11-8/h1,5-7,9H,4H2,2H3,(H,10,11). The molecule has 0 fully saturated rings. The molecule has 0 amide bonds. The van der Waals surface area contributed by atoms with E-state index >= 15 is 0 Å². The van der Waals surface area contributed by atoms with Crippen LogP contribution in [0.15, 0.2) is 12.4 Å². The van der Waals surface area contributed by atoms with Gasteiger partial charge in [-0.15, -0.1) is 6.42 Å². The maximum absolute atomic E-state index is 5.09. The third-order valence-corrected chi connectivity index (χ3v) is 1.44. The highest BCUT2D eigenvalue weighted by atomic mass is 15.0. The fourth-order valence-electron chi connectivity index (χ4n) is 0.823. The van der Waals surface area contributed by atoms with E-state index in [0.29, 0.717) is 6.54 Å². The molecule has 0 saturated heterocycles. The Morgan fingerprint density at radius 3 is 3.27 bits per heavy atom. The van der Waals surface area contributed by atoms with E-state index in [9.17, 15) is 0 Å². The highest BCUT2D eigenvalue weighted by Gasteiger charge is 2.03. The van der Waals surface area contributed by atoms with Crippen LogP contribution in [0.5, 0.6) is 0 Å². The van der Waals surface area contributed by atoms with E-state index in [1.54, 1.807) is 12.4 Å². The van der Waals surface area contributed by atoms with Gasteiger partial charge in [-0.25, -0.2) is 4.98 Å². The number of hydrogen-bond acceptors (Lipinski definition) is 2. The lowest BCUT2D eigenvalue weighted by Gasteiger charge is -2.07. The van der Waals surface area contributed by atoms with E-state index in [1.807, 2.05) is 6.92 Å². The van der Waals surface area contributed by atoms with Crippen molar-refractivity contribution in [3.05, 3.63) is 18.2 Å². The third kappa shape index (κ3) is 2.10. The normalized spacial score (nSPS) is 12.4. The molecule has 0 radical (unpaired) electrons. The summed E-state index contributed by atoms with van der Waals surface area (Å²) in [6.07, 6.45) is 8.61. The van der Waals surface area contributed by atoms with Crippen molar-refractivity contribution in [2.24, 2.45) is 0 Å². The Labute approximate surface area is 66.2 Å². The zero-order valence-corrected chi connectivity index (χ0v) is 6.46. The first-order chi connectivity index (χ1) is 5.34. The van der Waals surface area contributed by atoms with Gasteiger partial charge in [-0.3, -0.25) is 5.32 Å². The fourth-order valence-corrected chi connectivity index (χ4v) is 0.823. The molecule has 58 valence electrons. The molecule has 1 aromatic heterocycles. The van der Waals surface area contributed by atoms with Crippen molar-refractivity contribution in [1.82, 2.24) is 15.3 Å². The van der Waals surface area contributed by atoms with Gasteiger partial charge < -0.3 is 4.98 Å². The van der Waals surface area contributed by atoms with Gasteiger partial charge in [-0.05, 0) is 6.92 Å². The predicted octanol–water partition coefficient (Wildman–Crippen LogP) is 0.693. The van der Waals surface area contributed by atoms with E-state index in [1.165, 1.54) is 0 Å². The summed E-state index contributed by atoms with van der Waals surface area (Å²) in [5, 5.41) is 3.10. The van der Waals surface area contributed by atoms with Crippen LogP contribution in [0.1, 0.15) is 18.8 Å². The summed E-state index contributed by atoms with van der Waals surface area (Å²) in [7, 11) is 0. The van der Waals surface area contributed by atoms with Gasteiger partial charge in [0.1, 0.15) is 5.82 Å². The van der Waals surface area contributed by atoms with Crippen molar-refractivity contribution in [2.45, 2.75) is 13.0 Å². The largest absolute Gasteiger partial charge is 0.347 e. The van der Waals surface area contributed by atoms with Crippen molar-refractivity contribution in [3.63, 3.8) is 0 Å². The Kier molecular flexibility index (Phi) is 2.70. The lowest BCUT2D eigenvalue weighted by atomic mass is 10.3. The number of aromatic nitrogens is 2. The smallest absolute Gasteiger partial charge is 0.122 e. The zero-order valence-electron chi connectivity index (χ0n) is 6.46. The van der Waals surface area contributed by atoms with E-state index < -0.39 is 0 Å². The summed E-state index contributed by atoms with van der Waals surface area (Å²) in [5.74, 6) is 3.42. The minimum Gasteiger partial charge on any atom is -0.347 e. The van der Waals surface area contributed by atoms with Crippen molar-refractivity contribution < 1.29 is 0 Å². The van der Waals surface area contributed by atoms with Gasteiger partial charge in [0.15, 0.2) is 0 Å². The molecule has 2 N–H and O–H groups in total.